The summed E-state index contributed by atoms with van der Waals surface area (Å²) in [7, 11) is -2.20. The maximum Gasteiger partial charge on any atom is 0.300 e. The lowest BCUT2D eigenvalue weighted by atomic mass is 10.2. The van der Waals surface area contributed by atoms with Crippen LogP contribution in [0.4, 0.5) is 5.82 Å². The Kier molecular flexibility index (Phi) is 4.72. The van der Waals surface area contributed by atoms with E-state index in [1.54, 1.807) is 0 Å². The number of anilines is 1. The lowest BCUT2D eigenvalue weighted by Crippen LogP contribution is -2.34. The van der Waals surface area contributed by atoms with Gasteiger partial charge in [-0.15, -0.1) is 0 Å². The van der Waals surface area contributed by atoms with Gasteiger partial charge in [-0.1, -0.05) is 19.0 Å². The molecule has 1 rings (SSSR count). The van der Waals surface area contributed by atoms with Crippen LogP contribution in [0.5, 0.6) is 0 Å². The molecular formula is C9H18N6O3S. The second-order valence-corrected chi connectivity index (χ2v) is 5.86. The molecule has 1 heterocycles. The van der Waals surface area contributed by atoms with Gasteiger partial charge in [0.15, 0.2) is 5.84 Å². The molecule has 0 aliphatic heterocycles. The van der Waals surface area contributed by atoms with Gasteiger partial charge in [-0.05, 0) is 5.92 Å². The summed E-state index contributed by atoms with van der Waals surface area (Å²) in [5, 5.41) is 15.3. The van der Waals surface area contributed by atoms with Crippen molar-refractivity contribution in [3.63, 3.8) is 0 Å². The lowest BCUT2D eigenvalue weighted by Gasteiger charge is -2.12. The number of nitrogens with one attached hydrogen (secondary N) is 2. The molecular weight excluding hydrogens is 272 g/mol. The molecule has 0 amide bonds. The van der Waals surface area contributed by atoms with Crippen LogP contribution in [0.2, 0.25) is 0 Å². The molecule has 0 aliphatic rings. The van der Waals surface area contributed by atoms with Gasteiger partial charge in [0, 0.05) is 13.6 Å². The van der Waals surface area contributed by atoms with Crippen molar-refractivity contribution < 1.29 is 13.6 Å². The average Bonchev–Trinajstić information content (AvgIpc) is 2.67. The van der Waals surface area contributed by atoms with E-state index in [1.165, 1.54) is 17.9 Å². The van der Waals surface area contributed by atoms with Crippen LogP contribution in [0.25, 0.3) is 0 Å². The van der Waals surface area contributed by atoms with Gasteiger partial charge in [0.25, 0.3) is 10.2 Å². The van der Waals surface area contributed by atoms with Crippen molar-refractivity contribution in [3.8, 4) is 0 Å². The summed E-state index contributed by atoms with van der Waals surface area (Å²) in [5.41, 5.74) is 5.64. The number of hydrogen-bond acceptors (Lipinski definition) is 5. The molecule has 0 radical (unpaired) electrons. The highest BCUT2D eigenvalue weighted by Crippen LogP contribution is 2.14. The van der Waals surface area contributed by atoms with Crippen LogP contribution in [0.3, 0.4) is 0 Å². The minimum Gasteiger partial charge on any atom is -0.409 e. The smallest absolute Gasteiger partial charge is 0.300 e. The Hall–Kier alpha value is -1.81. The van der Waals surface area contributed by atoms with Crippen LogP contribution >= 0.6 is 0 Å². The molecule has 0 atom stereocenters. The van der Waals surface area contributed by atoms with Crippen molar-refractivity contribution in [2.24, 2.45) is 23.9 Å². The lowest BCUT2D eigenvalue weighted by molar-refractivity contribution is 0.318. The number of amidine groups is 1. The van der Waals surface area contributed by atoms with Gasteiger partial charge >= 0.3 is 0 Å². The third-order valence-corrected chi connectivity index (χ3v) is 3.24. The summed E-state index contributed by atoms with van der Waals surface area (Å²) in [6, 6.07) is 0. The molecule has 1 aromatic heterocycles. The largest absolute Gasteiger partial charge is 0.409 e. The van der Waals surface area contributed by atoms with E-state index in [2.05, 4.69) is 19.7 Å². The van der Waals surface area contributed by atoms with E-state index in [0.717, 1.165) is 0 Å². The molecule has 0 aromatic carbocycles. The zero-order valence-electron chi connectivity index (χ0n) is 11.0. The standard InChI is InChI=1S/C9H18N6O3S/c1-6(2)4-12-19(17,18)14-9-7(8(10)13-16)5-11-15(9)3/h5-6,12,14,16H,4H2,1-3H3,(H2,10,13). The summed E-state index contributed by atoms with van der Waals surface area (Å²) in [6.07, 6.45) is 1.30. The Morgan fingerprint density at radius 1 is 1.63 bits per heavy atom. The number of hydrogen-bond donors (Lipinski definition) is 4. The maximum absolute atomic E-state index is 11.8. The molecule has 0 unspecified atom stereocenters. The first-order valence-electron chi connectivity index (χ1n) is 5.54. The normalized spacial score (nSPS) is 12.9. The van der Waals surface area contributed by atoms with Crippen molar-refractivity contribution in [3.05, 3.63) is 11.8 Å². The van der Waals surface area contributed by atoms with Gasteiger partial charge in [-0.2, -0.15) is 18.2 Å². The van der Waals surface area contributed by atoms with E-state index >= 15 is 0 Å². The van der Waals surface area contributed by atoms with Gasteiger partial charge in [0.1, 0.15) is 5.82 Å². The van der Waals surface area contributed by atoms with Crippen molar-refractivity contribution >= 4 is 21.9 Å². The fraction of sp³-hybridized carbons (Fsp3) is 0.556. The summed E-state index contributed by atoms with van der Waals surface area (Å²) < 4.78 is 29.6. The van der Waals surface area contributed by atoms with Gasteiger partial charge in [0.05, 0.1) is 11.8 Å². The number of aryl methyl sites for hydroxylation is 1. The highest BCUT2D eigenvalue weighted by Gasteiger charge is 2.18. The van der Waals surface area contributed by atoms with E-state index in [9.17, 15) is 8.42 Å². The number of aromatic nitrogens is 2. The van der Waals surface area contributed by atoms with Crippen LogP contribution in [-0.2, 0) is 17.3 Å². The minimum absolute atomic E-state index is 0.117. The van der Waals surface area contributed by atoms with Crippen LogP contribution in [-0.4, -0.2) is 35.8 Å². The molecule has 0 saturated carbocycles. The molecule has 0 spiro atoms. The second kappa shape index (κ2) is 5.89. The first-order chi connectivity index (χ1) is 8.76. The van der Waals surface area contributed by atoms with Gasteiger partial charge < -0.3 is 10.9 Å². The van der Waals surface area contributed by atoms with E-state index in [-0.39, 0.29) is 23.1 Å². The number of rotatable bonds is 6. The molecule has 0 fully saturated rings. The molecule has 5 N–H and O–H groups in total. The van der Waals surface area contributed by atoms with Crippen molar-refractivity contribution in [1.29, 1.82) is 0 Å². The molecule has 19 heavy (non-hydrogen) atoms. The Morgan fingerprint density at radius 3 is 2.79 bits per heavy atom. The molecule has 0 saturated heterocycles. The molecule has 9 nitrogen and oxygen atoms in total. The zero-order valence-corrected chi connectivity index (χ0v) is 11.8. The summed E-state index contributed by atoms with van der Waals surface area (Å²) >= 11 is 0. The Balaban J connectivity index is 2.96. The predicted molar refractivity (Wildman–Crippen MR) is 71.1 cm³/mol. The highest BCUT2D eigenvalue weighted by molar-refractivity contribution is 7.90. The van der Waals surface area contributed by atoms with Crippen LogP contribution < -0.4 is 15.2 Å². The van der Waals surface area contributed by atoms with Gasteiger partial charge in [-0.25, -0.2) is 0 Å². The van der Waals surface area contributed by atoms with Crippen LogP contribution in [0, 0.1) is 5.92 Å². The van der Waals surface area contributed by atoms with Crippen molar-refractivity contribution in [1.82, 2.24) is 14.5 Å². The van der Waals surface area contributed by atoms with Crippen LogP contribution in [0.1, 0.15) is 19.4 Å². The highest BCUT2D eigenvalue weighted by atomic mass is 32.2. The Labute approximate surface area is 111 Å². The predicted octanol–water partition coefficient (Wildman–Crippen LogP) is -0.583. The van der Waals surface area contributed by atoms with Gasteiger partial charge in [-0.3, -0.25) is 9.40 Å². The third-order valence-electron chi connectivity index (χ3n) is 2.24. The van der Waals surface area contributed by atoms with Crippen molar-refractivity contribution in [2.45, 2.75) is 13.8 Å². The Morgan fingerprint density at radius 2 is 2.26 bits per heavy atom. The van der Waals surface area contributed by atoms with E-state index < -0.39 is 10.2 Å². The summed E-state index contributed by atoms with van der Waals surface area (Å²) in [6.45, 7) is 4.06. The van der Waals surface area contributed by atoms with E-state index in [0.29, 0.717) is 6.54 Å². The SMILES string of the molecule is CC(C)CNS(=O)(=O)Nc1c(C(N)=NO)cnn1C. The minimum atomic E-state index is -3.74. The summed E-state index contributed by atoms with van der Waals surface area (Å²) in [4.78, 5) is 0. The third kappa shape index (κ3) is 4.10. The van der Waals surface area contributed by atoms with Crippen LogP contribution in [0.15, 0.2) is 11.4 Å². The fourth-order valence-corrected chi connectivity index (χ4v) is 2.36. The molecule has 0 aliphatic carbocycles. The molecule has 108 valence electrons. The zero-order chi connectivity index (χ0) is 14.6. The summed E-state index contributed by atoms with van der Waals surface area (Å²) in [5.74, 6) is 0.0628. The fourth-order valence-electron chi connectivity index (χ4n) is 1.24. The second-order valence-electron chi connectivity index (χ2n) is 4.36. The number of oxime groups is 1. The first-order valence-corrected chi connectivity index (χ1v) is 7.02. The quantitative estimate of drug-likeness (QED) is 0.240. The number of nitrogens with two attached hydrogens (primary N) is 1. The first kappa shape index (κ1) is 15.2. The monoisotopic (exact) mass is 290 g/mol. The van der Waals surface area contributed by atoms with E-state index in [4.69, 9.17) is 10.9 Å². The van der Waals surface area contributed by atoms with Crippen molar-refractivity contribution in [2.75, 3.05) is 11.3 Å². The van der Waals surface area contributed by atoms with Gasteiger partial charge in [0.2, 0.25) is 0 Å². The topological polar surface area (TPSA) is 135 Å². The number of nitrogens with zero attached hydrogens (tertiary/aromatic N) is 3. The van der Waals surface area contributed by atoms with E-state index in [1.807, 2.05) is 13.8 Å². The maximum atomic E-state index is 11.8. The molecule has 1 aromatic rings. The molecule has 0 bridgehead atoms. The average molecular weight is 290 g/mol. The molecule has 10 heteroatoms. The Bertz CT molecular complexity index is 563.